The molecule has 1 aromatic heterocycles. The number of H-pyrrole nitrogens is 1. The van der Waals surface area contributed by atoms with Crippen molar-refractivity contribution < 1.29 is 9.53 Å². The standard InChI is InChI=1S/C15H14N2O4S/c1-9-8-17(15(20)16-13(9)18)12-7-11(14(19)21-12)22-10-5-3-2-4-6-10/h2-6,8,11-12H,7H2,1H3,(H,16,18,20)/t11-,12+/m0/s1. The highest BCUT2D eigenvalue weighted by Crippen LogP contribution is 2.35. The fourth-order valence-corrected chi connectivity index (χ4v) is 3.32. The van der Waals surface area contributed by atoms with Crippen LogP contribution >= 0.6 is 11.8 Å². The lowest BCUT2D eigenvalue weighted by atomic mass is 10.3. The first kappa shape index (κ1) is 14.6. The summed E-state index contributed by atoms with van der Waals surface area (Å²) in [6, 6.07) is 9.54. The van der Waals surface area contributed by atoms with Crippen LogP contribution in [0.5, 0.6) is 0 Å². The second-order valence-corrected chi connectivity index (χ2v) is 6.30. The summed E-state index contributed by atoms with van der Waals surface area (Å²) in [6.45, 7) is 1.60. The number of benzene rings is 1. The number of thioether (sulfide) groups is 1. The molecule has 3 rings (SSSR count). The van der Waals surface area contributed by atoms with E-state index in [9.17, 15) is 14.4 Å². The quantitative estimate of drug-likeness (QED) is 0.866. The van der Waals surface area contributed by atoms with Crippen molar-refractivity contribution in [1.29, 1.82) is 0 Å². The Kier molecular flexibility index (Phi) is 3.89. The van der Waals surface area contributed by atoms with Crippen LogP contribution < -0.4 is 11.2 Å². The Balaban J connectivity index is 1.82. The maximum atomic E-state index is 12.0. The summed E-state index contributed by atoms with van der Waals surface area (Å²) in [6.07, 6.45) is 1.12. The van der Waals surface area contributed by atoms with E-state index in [1.165, 1.54) is 22.5 Å². The van der Waals surface area contributed by atoms with Gasteiger partial charge >= 0.3 is 11.7 Å². The molecule has 22 heavy (non-hydrogen) atoms. The fraction of sp³-hybridized carbons (Fsp3) is 0.267. The van der Waals surface area contributed by atoms with E-state index in [0.29, 0.717) is 12.0 Å². The molecule has 2 atom stereocenters. The van der Waals surface area contributed by atoms with Gasteiger partial charge in [0.15, 0.2) is 6.23 Å². The van der Waals surface area contributed by atoms with Crippen molar-refractivity contribution in [2.24, 2.45) is 0 Å². The summed E-state index contributed by atoms with van der Waals surface area (Å²) in [4.78, 5) is 38.4. The van der Waals surface area contributed by atoms with Crippen LogP contribution in [0, 0.1) is 6.92 Å². The lowest BCUT2D eigenvalue weighted by Crippen LogP contribution is -2.33. The normalized spacial score (nSPS) is 20.9. The van der Waals surface area contributed by atoms with Gasteiger partial charge in [-0.2, -0.15) is 0 Å². The van der Waals surface area contributed by atoms with Gasteiger partial charge in [0.1, 0.15) is 5.25 Å². The molecule has 0 aliphatic carbocycles. The van der Waals surface area contributed by atoms with Crippen molar-refractivity contribution in [2.45, 2.75) is 29.7 Å². The first-order valence-corrected chi connectivity index (χ1v) is 7.67. The van der Waals surface area contributed by atoms with E-state index in [2.05, 4.69) is 4.98 Å². The molecular weight excluding hydrogens is 304 g/mol. The molecule has 114 valence electrons. The van der Waals surface area contributed by atoms with Crippen molar-refractivity contribution in [3.8, 4) is 0 Å². The maximum absolute atomic E-state index is 12.0. The monoisotopic (exact) mass is 318 g/mol. The van der Waals surface area contributed by atoms with Crippen LogP contribution in [0.4, 0.5) is 0 Å². The zero-order valence-corrected chi connectivity index (χ0v) is 12.6. The van der Waals surface area contributed by atoms with Crippen LogP contribution in [0.2, 0.25) is 0 Å². The number of aromatic amines is 1. The average Bonchev–Trinajstić information content (AvgIpc) is 2.85. The van der Waals surface area contributed by atoms with Crippen LogP contribution in [0.15, 0.2) is 51.0 Å². The van der Waals surface area contributed by atoms with Gasteiger partial charge in [-0.05, 0) is 19.1 Å². The number of nitrogens with zero attached hydrogens (tertiary/aromatic N) is 1. The molecule has 0 spiro atoms. The van der Waals surface area contributed by atoms with E-state index in [4.69, 9.17) is 4.74 Å². The molecule has 1 saturated heterocycles. The highest BCUT2D eigenvalue weighted by Gasteiger charge is 2.36. The van der Waals surface area contributed by atoms with Crippen LogP contribution in [0.1, 0.15) is 18.2 Å². The van der Waals surface area contributed by atoms with Crippen LogP contribution in [-0.2, 0) is 9.53 Å². The molecule has 6 nitrogen and oxygen atoms in total. The van der Waals surface area contributed by atoms with E-state index in [1.807, 2.05) is 30.3 Å². The van der Waals surface area contributed by atoms with E-state index >= 15 is 0 Å². The molecule has 0 unspecified atom stereocenters. The van der Waals surface area contributed by atoms with Crippen molar-refractivity contribution in [2.75, 3.05) is 0 Å². The first-order valence-electron chi connectivity index (χ1n) is 6.79. The molecule has 1 aromatic carbocycles. The Labute approximate surface area is 130 Å². The zero-order valence-electron chi connectivity index (χ0n) is 11.8. The van der Waals surface area contributed by atoms with Gasteiger partial charge in [-0.25, -0.2) is 4.79 Å². The number of cyclic esters (lactones) is 1. The van der Waals surface area contributed by atoms with Crippen LogP contribution in [0.25, 0.3) is 0 Å². The number of esters is 1. The number of aromatic nitrogens is 2. The van der Waals surface area contributed by atoms with Gasteiger partial charge in [0.25, 0.3) is 5.56 Å². The third-order valence-electron chi connectivity index (χ3n) is 3.41. The molecule has 0 radical (unpaired) electrons. The van der Waals surface area contributed by atoms with Gasteiger partial charge in [-0.15, -0.1) is 11.8 Å². The molecule has 0 bridgehead atoms. The second kappa shape index (κ2) is 5.84. The molecule has 2 aromatic rings. The summed E-state index contributed by atoms with van der Waals surface area (Å²) < 4.78 is 6.55. The second-order valence-electron chi connectivity index (χ2n) is 5.03. The number of aryl methyl sites for hydroxylation is 1. The third kappa shape index (κ3) is 2.85. The number of hydrogen-bond acceptors (Lipinski definition) is 5. The van der Waals surface area contributed by atoms with Crippen molar-refractivity contribution in [3.05, 3.63) is 62.9 Å². The van der Waals surface area contributed by atoms with Crippen molar-refractivity contribution in [1.82, 2.24) is 9.55 Å². The molecule has 0 saturated carbocycles. The van der Waals surface area contributed by atoms with Crippen LogP contribution in [0.3, 0.4) is 0 Å². The van der Waals surface area contributed by atoms with Gasteiger partial charge in [0, 0.05) is 23.1 Å². The van der Waals surface area contributed by atoms with Gasteiger partial charge in [-0.3, -0.25) is 19.1 Å². The third-order valence-corrected chi connectivity index (χ3v) is 4.62. The summed E-state index contributed by atoms with van der Waals surface area (Å²) >= 11 is 1.41. The van der Waals surface area contributed by atoms with Gasteiger partial charge in [-0.1, -0.05) is 18.2 Å². The van der Waals surface area contributed by atoms with Gasteiger partial charge in [0.05, 0.1) is 0 Å². The highest BCUT2D eigenvalue weighted by molar-refractivity contribution is 8.00. The minimum Gasteiger partial charge on any atom is -0.440 e. The van der Waals surface area contributed by atoms with Crippen LogP contribution in [-0.4, -0.2) is 20.8 Å². The Hall–Kier alpha value is -2.28. The van der Waals surface area contributed by atoms with Crippen molar-refractivity contribution in [3.63, 3.8) is 0 Å². The van der Waals surface area contributed by atoms with Crippen molar-refractivity contribution >= 4 is 17.7 Å². The minimum atomic E-state index is -0.684. The predicted octanol–water partition coefficient (Wildman–Crippen LogP) is 1.45. The highest BCUT2D eigenvalue weighted by atomic mass is 32.2. The summed E-state index contributed by atoms with van der Waals surface area (Å²) in [7, 11) is 0. The lowest BCUT2D eigenvalue weighted by Gasteiger charge is -2.12. The molecule has 1 fully saturated rings. The number of nitrogens with one attached hydrogen (secondary N) is 1. The number of carbonyl (C=O) groups is 1. The summed E-state index contributed by atoms with van der Waals surface area (Å²) in [5, 5.41) is -0.369. The van der Waals surface area contributed by atoms with E-state index in [-0.39, 0.29) is 11.2 Å². The minimum absolute atomic E-state index is 0.352. The molecule has 1 aliphatic rings. The largest absolute Gasteiger partial charge is 0.440 e. The number of hydrogen-bond donors (Lipinski definition) is 1. The number of rotatable bonds is 3. The SMILES string of the molecule is Cc1cn([C@H]2C[C@H](Sc3ccccc3)C(=O)O2)c(=O)[nH]c1=O. The molecule has 1 aliphatic heterocycles. The molecule has 0 amide bonds. The first-order chi connectivity index (χ1) is 10.5. The lowest BCUT2D eigenvalue weighted by molar-refractivity contribution is -0.144. The van der Waals surface area contributed by atoms with Gasteiger partial charge < -0.3 is 4.74 Å². The molecule has 2 heterocycles. The Bertz CT molecular complexity index is 812. The predicted molar refractivity (Wildman–Crippen MR) is 81.9 cm³/mol. The smallest absolute Gasteiger partial charge is 0.331 e. The Morgan fingerprint density at radius 2 is 1.95 bits per heavy atom. The number of carbonyl (C=O) groups excluding carboxylic acids is 1. The van der Waals surface area contributed by atoms with E-state index < -0.39 is 17.5 Å². The summed E-state index contributed by atoms with van der Waals surface area (Å²) in [5.41, 5.74) is -0.602. The topological polar surface area (TPSA) is 81.2 Å². The molecule has 7 heteroatoms. The fourth-order valence-electron chi connectivity index (χ4n) is 2.27. The maximum Gasteiger partial charge on any atom is 0.331 e. The molecule has 1 N–H and O–H groups in total. The molecular formula is C15H14N2O4S. The summed E-state index contributed by atoms with van der Waals surface area (Å²) in [5.74, 6) is -0.352. The average molecular weight is 318 g/mol. The Morgan fingerprint density at radius 1 is 1.23 bits per heavy atom. The zero-order chi connectivity index (χ0) is 15.7. The Morgan fingerprint density at radius 3 is 2.68 bits per heavy atom. The van der Waals surface area contributed by atoms with E-state index in [0.717, 1.165) is 4.90 Å². The van der Waals surface area contributed by atoms with Gasteiger partial charge in [0.2, 0.25) is 0 Å². The number of ether oxygens (including phenoxy) is 1. The van der Waals surface area contributed by atoms with E-state index in [1.54, 1.807) is 6.92 Å².